The van der Waals surface area contributed by atoms with E-state index in [0.717, 1.165) is 11.9 Å². The second-order valence-electron chi connectivity index (χ2n) is 6.58. The van der Waals surface area contributed by atoms with Crippen molar-refractivity contribution < 1.29 is 9.59 Å². The van der Waals surface area contributed by atoms with Gasteiger partial charge in [-0.1, -0.05) is 24.3 Å². The number of hydrogen-bond acceptors (Lipinski definition) is 3. The summed E-state index contributed by atoms with van der Waals surface area (Å²) < 4.78 is 0. The molecule has 1 aliphatic rings. The van der Waals surface area contributed by atoms with E-state index < -0.39 is 0 Å². The van der Waals surface area contributed by atoms with Crippen LogP contribution in [0.15, 0.2) is 48.0 Å². The Morgan fingerprint density at radius 1 is 1.27 bits per heavy atom. The van der Waals surface area contributed by atoms with Crippen molar-refractivity contribution in [3.8, 4) is 0 Å². The monoisotopic (exact) mass is 367 g/mol. The normalized spacial score (nSPS) is 15.5. The zero-order chi connectivity index (χ0) is 17.9. The van der Waals surface area contributed by atoms with Gasteiger partial charge in [0.15, 0.2) is 0 Å². The van der Waals surface area contributed by atoms with Crippen LogP contribution < -0.4 is 5.32 Å². The van der Waals surface area contributed by atoms with Crippen LogP contribution in [0.3, 0.4) is 0 Å². The number of hydrogen-bond donors (Lipinski definition) is 2. The molecule has 3 heterocycles. The van der Waals surface area contributed by atoms with Gasteiger partial charge in [0.2, 0.25) is 11.8 Å². The fourth-order valence-corrected chi connectivity index (χ4v) is 4.40. The minimum Gasteiger partial charge on any atom is -0.361 e. The highest BCUT2D eigenvalue weighted by Crippen LogP contribution is 2.32. The number of para-hydroxylation sites is 1. The van der Waals surface area contributed by atoms with E-state index in [2.05, 4.69) is 33.9 Å². The number of thiophene rings is 1. The number of nitrogens with zero attached hydrogens (tertiary/aromatic N) is 1. The fourth-order valence-electron chi connectivity index (χ4n) is 3.55. The summed E-state index contributed by atoms with van der Waals surface area (Å²) in [7, 11) is 0. The first-order valence-electron chi connectivity index (χ1n) is 8.86. The quantitative estimate of drug-likeness (QED) is 0.703. The second kappa shape index (κ2) is 7.33. The molecule has 2 amide bonds. The Bertz CT molecular complexity index is 916. The smallest absolute Gasteiger partial charge is 0.239 e. The van der Waals surface area contributed by atoms with Crippen molar-refractivity contribution in [2.45, 2.75) is 18.8 Å². The molecule has 1 aliphatic heterocycles. The van der Waals surface area contributed by atoms with Crippen LogP contribution in [0.1, 0.15) is 29.2 Å². The minimum atomic E-state index is -0.0957. The summed E-state index contributed by atoms with van der Waals surface area (Å²) >= 11 is 1.69. The summed E-state index contributed by atoms with van der Waals surface area (Å²) in [5.74, 6) is 0.0672. The standard InChI is InChI=1S/C20H21N3O2S/c24-19(13-23-9-3-8-20(23)25)22-12-16(18-7-4-10-26-18)15-11-21-17-6-2-1-5-14(15)17/h1-2,4-7,10-11,16,21H,3,8-9,12-13H2,(H,22,24)/t16-/m0/s1. The molecule has 1 aromatic carbocycles. The topological polar surface area (TPSA) is 65.2 Å². The number of fused-ring (bicyclic) bond motifs is 1. The molecule has 4 rings (SSSR count). The lowest BCUT2D eigenvalue weighted by Crippen LogP contribution is -2.39. The predicted octanol–water partition coefficient (Wildman–Crippen LogP) is 3.10. The van der Waals surface area contributed by atoms with E-state index in [4.69, 9.17) is 0 Å². The largest absolute Gasteiger partial charge is 0.361 e. The third-order valence-corrected chi connectivity index (χ3v) is 5.88. The Balaban J connectivity index is 1.51. The zero-order valence-corrected chi connectivity index (χ0v) is 15.2. The molecule has 1 saturated heterocycles. The number of nitrogens with one attached hydrogen (secondary N) is 2. The van der Waals surface area contributed by atoms with E-state index in [1.807, 2.05) is 24.4 Å². The molecule has 0 bridgehead atoms. The summed E-state index contributed by atoms with van der Waals surface area (Å²) in [6, 6.07) is 12.3. The Morgan fingerprint density at radius 2 is 2.15 bits per heavy atom. The van der Waals surface area contributed by atoms with Crippen LogP contribution in [0.4, 0.5) is 0 Å². The van der Waals surface area contributed by atoms with Gasteiger partial charge in [0.05, 0.1) is 6.54 Å². The molecule has 0 saturated carbocycles. The summed E-state index contributed by atoms with van der Waals surface area (Å²) in [6.07, 6.45) is 3.44. The third kappa shape index (κ3) is 3.37. The molecule has 1 fully saturated rings. The minimum absolute atomic E-state index is 0.0755. The lowest BCUT2D eigenvalue weighted by atomic mass is 9.96. The molecule has 2 aromatic heterocycles. The Hall–Kier alpha value is -2.60. The van der Waals surface area contributed by atoms with Gasteiger partial charge >= 0.3 is 0 Å². The maximum absolute atomic E-state index is 12.3. The molecule has 0 aliphatic carbocycles. The van der Waals surface area contributed by atoms with Crippen LogP contribution in [-0.4, -0.2) is 41.3 Å². The first-order valence-corrected chi connectivity index (χ1v) is 9.74. The summed E-state index contributed by atoms with van der Waals surface area (Å²) in [4.78, 5) is 30.2. The molecule has 26 heavy (non-hydrogen) atoms. The lowest BCUT2D eigenvalue weighted by Gasteiger charge is -2.19. The van der Waals surface area contributed by atoms with Crippen molar-refractivity contribution in [2.75, 3.05) is 19.6 Å². The molecule has 6 heteroatoms. The lowest BCUT2D eigenvalue weighted by molar-refractivity contribution is -0.133. The second-order valence-corrected chi connectivity index (χ2v) is 7.56. The van der Waals surface area contributed by atoms with Gasteiger partial charge in [0, 0.05) is 47.4 Å². The average molecular weight is 367 g/mol. The number of aromatic nitrogens is 1. The van der Waals surface area contributed by atoms with E-state index in [9.17, 15) is 9.59 Å². The summed E-state index contributed by atoms with van der Waals surface area (Å²) in [6.45, 7) is 1.36. The number of aromatic amines is 1. The molecule has 0 spiro atoms. The molecule has 1 atom stereocenters. The Labute approximate surface area is 156 Å². The van der Waals surface area contributed by atoms with Gasteiger partial charge < -0.3 is 15.2 Å². The van der Waals surface area contributed by atoms with Gasteiger partial charge in [0.1, 0.15) is 0 Å². The maximum atomic E-state index is 12.3. The first kappa shape index (κ1) is 16.8. The molecule has 0 unspecified atom stereocenters. The highest BCUT2D eigenvalue weighted by atomic mass is 32.1. The van der Waals surface area contributed by atoms with Crippen LogP contribution in [0.2, 0.25) is 0 Å². The number of likely N-dealkylation sites (tertiary alicyclic amines) is 1. The van der Waals surface area contributed by atoms with Gasteiger partial charge in [-0.3, -0.25) is 9.59 Å². The Kier molecular flexibility index (Phi) is 4.75. The van der Waals surface area contributed by atoms with Gasteiger partial charge in [-0.15, -0.1) is 11.3 Å². The van der Waals surface area contributed by atoms with Gasteiger partial charge in [0.25, 0.3) is 0 Å². The summed E-state index contributed by atoms with van der Waals surface area (Å²) in [5.41, 5.74) is 2.28. The number of carbonyl (C=O) groups excluding carboxylic acids is 2. The molecular weight excluding hydrogens is 346 g/mol. The van der Waals surface area contributed by atoms with E-state index in [1.165, 1.54) is 15.8 Å². The van der Waals surface area contributed by atoms with Crippen molar-refractivity contribution in [2.24, 2.45) is 0 Å². The molecule has 2 N–H and O–H groups in total. The number of H-pyrrole nitrogens is 1. The highest BCUT2D eigenvalue weighted by Gasteiger charge is 2.24. The van der Waals surface area contributed by atoms with E-state index in [-0.39, 0.29) is 24.3 Å². The van der Waals surface area contributed by atoms with Crippen LogP contribution in [-0.2, 0) is 9.59 Å². The van der Waals surface area contributed by atoms with Crippen LogP contribution >= 0.6 is 11.3 Å². The van der Waals surface area contributed by atoms with Gasteiger partial charge in [-0.05, 0) is 29.5 Å². The Morgan fingerprint density at radius 3 is 2.92 bits per heavy atom. The SMILES string of the molecule is O=C(CN1CCCC1=O)NC[C@H](c1cccs1)c1c[nH]c2ccccc12. The first-order chi connectivity index (χ1) is 12.7. The molecule has 5 nitrogen and oxygen atoms in total. The van der Waals surface area contributed by atoms with Crippen molar-refractivity contribution in [3.63, 3.8) is 0 Å². The van der Waals surface area contributed by atoms with Crippen LogP contribution in [0.25, 0.3) is 10.9 Å². The zero-order valence-electron chi connectivity index (χ0n) is 14.4. The van der Waals surface area contributed by atoms with Gasteiger partial charge in [-0.2, -0.15) is 0 Å². The summed E-state index contributed by atoms with van der Waals surface area (Å²) in [5, 5.41) is 6.26. The van der Waals surface area contributed by atoms with E-state index in [0.29, 0.717) is 19.5 Å². The number of amides is 2. The predicted molar refractivity (Wildman–Crippen MR) is 103 cm³/mol. The molecule has 134 valence electrons. The van der Waals surface area contributed by atoms with Crippen molar-refractivity contribution in [3.05, 3.63) is 58.4 Å². The van der Waals surface area contributed by atoms with Gasteiger partial charge in [-0.25, -0.2) is 0 Å². The number of carbonyl (C=O) groups is 2. The highest BCUT2D eigenvalue weighted by molar-refractivity contribution is 7.10. The van der Waals surface area contributed by atoms with Crippen LogP contribution in [0, 0.1) is 0 Å². The maximum Gasteiger partial charge on any atom is 0.239 e. The van der Waals surface area contributed by atoms with Crippen LogP contribution in [0.5, 0.6) is 0 Å². The number of benzene rings is 1. The molecule has 3 aromatic rings. The fraction of sp³-hybridized carbons (Fsp3) is 0.300. The average Bonchev–Trinajstić information content (AvgIpc) is 3.38. The third-order valence-electron chi connectivity index (χ3n) is 4.89. The van der Waals surface area contributed by atoms with E-state index in [1.54, 1.807) is 16.2 Å². The number of rotatable bonds is 6. The van der Waals surface area contributed by atoms with Crippen molar-refractivity contribution in [1.82, 2.24) is 15.2 Å². The van der Waals surface area contributed by atoms with E-state index >= 15 is 0 Å². The molecular formula is C20H21N3O2S. The molecule has 0 radical (unpaired) electrons. The van der Waals surface area contributed by atoms with Crippen molar-refractivity contribution in [1.29, 1.82) is 0 Å². The van der Waals surface area contributed by atoms with Crippen molar-refractivity contribution >= 4 is 34.1 Å².